The van der Waals surface area contributed by atoms with Gasteiger partial charge in [0.2, 0.25) is 5.91 Å². The summed E-state index contributed by atoms with van der Waals surface area (Å²) in [6.45, 7) is 0. The summed E-state index contributed by atoms with van der Waals surface area (Å²) in [4.78, 5) is 17.4. The molecule has 0 unspecified atom stereocenters. The molecule has 0 saturated carbocycles. The molecule has 0 radical (unpaired) electrons. The monoisotopic (exact) mass is 367 g/mol. The standard InChI is InChI=1S/C19H14FN3O2S/c20-13-2-1-3-17(10-13)25-16-6-4-14(5-7-16)21-18(24)11-15-12-23-8-9-26-19(23)22-15/h1-10,12H,11H2,(H,21,24). The number of imidazole rings is 1. The van der Waals surface area contributed by atoms with Crippen molar-refractivity contribution in [2.24, 2.45) is 0 Å². The summed E-state index contributed by atoms with van der Waals surface area (Å²) >= 11 is 1.53. The number of carbonyl (C=O) groups is 1. The maximum atomic E-state index is 13.2. The summed E-state index contributed by atoms with van der Waals surface area (Å²) in [5.41, 5.74) is 1.38. The fourth-order valence-corrected chi connectivity index (χ4v) is 3.22. The molecule has 7 heteroatoms. The summed E-state index contributed by atoms with van der Waals surface area (Å²) in [5.74, 6) is 0.476. The van der Waals surface area contributed by atoms with E-state index in [2.05, 4.69) is 10.3 Å². The average Bonchev–Trinajstić information content (AvgIpc) is 3.18. The molecular formula is C19H14FN3O2S. The molecule has 0 atom stereocenters. The van der Waals surface area contributed by atoms with Gasteiger partial charge in [-0.25, -0.2) is 9.37 Å². The minimum absolute atomic E-state index is 0.144. The molecule has 0 spiro atoms. The zero-order valence-electron chi connectivity index (χ0n) is 13.6. The van der Waals surface area contributed by atoms with Crippen molar-refractivity contribution < 1.29 is 13.9 Å². The second-order valence-corrected chi connectivity index (χ2v) is 6.51. The van der Waals surface area contributed by atoms with Gasteiger partial charge in [0.25, 0.3) is 0 Å². The highest BCUT2D eigenvalue weighted by Crippen LogP contribution is 2.23. The SMILES string of the molecule is O=C(Cc1cn2ccsc2n1)Nc1ccc(Oc2cccc(F)c2)cc1. The summed E-state index contributed by atoms with van der Waals surface area (Å²) in [6.07, 6.45) is 3.96. The summed E-state index contributed by atoms with van der Waals surface area (Å²) < 4.78 is 20.6. The lowest BCUT2D eigenvalue weighted by atomic mass is 10.2. The van der Waals surface area contributed by atoms with Gasteiger partial charge in [0, 0.05) is 29.5 Å². The quantitative estimate of drug-likeness (QED) is 0.565. The van der Waals surface area contributed by atoms with E-state index in [1.54, 1.807) is 36.4 Å². The third-order valence-corrected chi connectivity index (χ3v) is 4.43. The molecule has 0 aliphatic carbocycles. The number of benzene rings is 2. The first kappa shape index (κ1) is 16.3. The van der Waals surface area contributed by atoms with E-state index >= 15 is 0 Å². The molecule has 0 aliphatic rings. The normalized spacial score (nSPS) is 10.8. The first-order valence-electron chi connectivity index (χ1n) is 7.90. The van der Waals surface area contributed by atoms with Gasteiger partial charge in [-0.15, -0.1) is 11.3 Å². The van der Waals surface area contributed by atoms with Gasteiger partial charge in [0.05, 0.1) is 12.1 Å². The molecule has 4 aromatic rings. The molecule has 0 saturated heterocycles. The van der Waals surface area contributed by atoms with Crippen molar-refractivity contribution in [1.82, 2.24) is 9.38 Å². The number of ether oxygens (including phenoxy) is 1. The van der Waals surface area contributed by atoms with Crippen LogP contribution in [0.5, 0.6) is 11.5 Å². The molecule has 1 amide bonds. The van der Waals surface area contributed by atoms with Crippen LogP contribution >= 0.6 is 11.3 Å². The van der Waals surface area contributed by atoms with Gasteiger partial charge >= 0.3 is 0 Å². The Bertz CT molecular complexity index is 1030. The Balaban J connectivity index is 1.37. The number of rotatable bonds is 5. The van der Waals surface area contributed by atoms with Crippen LogP contribution in [0, 0.1) is 5.82 Å². The molecule has 0 fully saturated rings. The fourth-order valence-electron chi connectivity index (χ4n) is 2.50. The zero-order chi connectivity index (χ0) is 17.9. The number of halogens is 1. The van der Waals surface area contributed by atoms with Crippen LogP contribution in [0.25, 0.3) is 4.96 Å². The van der Waals surface area contributed by atoms with Crippen molar-refractivity contribution in [1.29, 1.82) is 0 Å². The fraction of sp³-hybridized carbons (Fsp3) is 0.0526. The summed E-state index contributed by atoms with van der Waals surface area (Å²) in [5, 5.41) is 4.77. The van der Waals surface area contributed by atoms with Crippen molar-refractivity contribution in [2.75, 3.05) is 5.32 Å². The second kappa shape index (κ2) is 6.97. The maximum absolute atomic E-state index is 13.2. The van der Waals surface area contributed by atoms with E-state index in [0.717, 1.165) is 10.7 Å². The first-order valence-corrected chi connectivity index (χ1v) is 8.78. The van der Waals surface area contributed by atoms with E-state index in [-0.39, 0.29) is 18.1 Å². The number of amides is 1. The van der Waals surface area contributed by atoms with Crippen LogP contribution in [-0.2, 0) is 11.2 Å². The summed E-state index contributed by atoms with van der Waals surface area (Å²) in [7, 11) is 0. The van der Waals surface area contributed by atoms with Crippen molar-refractivity contribution in [2.45, 2.75) is 6.42 Å². The number of aromatic nitrogens is 2. The highest BCUT2D eigenvalue weighted by atomic mass is 32.1. The van der Waals surface area contributed by atoms with Crippen LogP contribution in [0.2, 0.25) is 0 Å². The number of anilines is 1. The molecule has 0 bridgehead atoms. The van der Waals surface area contributed by atoms with Crippen LogP contribution in [0.3, 0.4) is 0 Å². The predicted molar refractivity (Wildman–Crippen MR) is 98.3 cm³/mol. The molecule has 2 heterocycles. The Labute approximate surface area is 152 Å². The van der Waals surface area contributed by atoms with E-state index in [9.17, 15) is 9.18 Å². The molecule has 26 heavy (non-hydrogen) atoms. The van der Waals surface area contributed by atoms with E-state index in [4.69, 9.17) is 4.74 Å². The van der Waals surface area contributed by atoms with Gasteiger partial charge < -0.3 is 10.1 Å². The lowest BCUT2D eigenvalue weighted by molar-refractivity contribution is -0.115. The number of fused-ring (bicyclic) bond motifs is 1. The molecule has 5 nitrogen and oxygen atoms in total. The number of nitrogens with zero attached hydrogens (tertiary/aromatic N) is 2. The van der Waals surface area contributed by atoms with Gasteiger partial charge in [0.15, 0.2) is 4.96 Å². The zero-order valence-corrected chi connectivity index (χ0v) is 14.4. The minimum atomic E-state index is -0.356. The first-order chi connectivity index (χ1) is 12.7. The van der Waals surface area contributed by atoms with Crippen LogP contribution < -0.4 is 10.1 Å². The Morgan fingerprint density at radius 1 is 1.19 bits per heavy atom. The Hall–Kier alpha value is -3.19. The van der Waals surface area contributed by atoms with Crippen molar-refractivity contribution in [3.63, 3.8) is 0 Å². The van der Waals surface area contributed by atoms with Gasteiger partial charge in [-0.2, -0.15) is 0 Å². The third kappa shape index (κ3) is 3.73. The average molecular weight is 367 g/mol. The van der Waals surface area contributed by atoms with Gasteiger partial charge in [-0.1, -0.05) is 6.07 Å². The number of carbonyl (C=O) groups excluding carboxylic acids is 1. The molecule has 4 rings (SSSR count). The van der Waals surface area contributed by atoms with E-state index < -0.39 is 0 Å². The van der Waals surface area contributed by atoms with Crippen molar-refractivity contribution >= 4 is 27.9 Å². The second-order valence-electron chi connectivity index (χ2n) is 5.63. The number of nitrogens with one attached hydrogen (secondary N) is 1. The molecule has 2 aromatic heterocycles. The molecule has 0 aliphatic heterocycles. The van der Waals surface area contributed by atoms with Gasteiger partial charge in [-0.3, -0.25) is 9.20 Å². The van der Waals surface area contributed by atoms with E-state index in [0.29, 0.717) is 17.2 Å². The third-order valence-electron chi connectivity index (χ3n) is 3.65. The predicted octanol–water partition coefficient (Wildman–Crippen LogP) is 4.51. The van der Waals surface area contributed by atoms with Crippen LogP contribution in [0.1, 0.15) is 5.69 Å². The Morgan fingerprint density at radius 2 is 2.04 bits per heavy atom. The number of thiazole rings is 1. The summed E-state index contributed by atoms with van der Waals surface area (Å²) in [6, 6.07) is 12.8. The Morgan fingerprint density at radius 3 is 2.81 bits per heavy atom. The number of hydrogen-bond donors (Lipinski definition) is 1. The molecule has 130 valence electrons. The van der Waals surface area contributed by atoms with Gasteiger partial charge in [0.1, 0.15) is 17.3 Å². The van der Waals surface area contributed by atoms with Crippen LogP contribution in [-0.4, -0.2) is 15.3 Å². The van der Waals surface area contributed by atoms with Crippen molar-refractivity contribution in [3.8, 4) is 11.5 Å². The van der Waals surface area contributed by atoms with E-state index in [1.165, 1.54) is 23.5 Å². The topological polar surface area (TPSA) is 55.6 Å². The van der Waals surface area contributed by atoms with Crippen LogP contribution in [0.15, 0.2) is 66.3 Å². The smallest absolute Gasteiger partial charge is 0.230 e. The molecular weight excluding hydrogens is 353 g/mol. The largest absolute Gasteiger partial charge is 0.457 e. The highest BCUT2D eigenvalue weighted by Gasteiger charge is 2.09. The number of hydrogen-bond acceptors (Lipinski definition) is 4. The molecule has 2 aromatic carbocycles. The lowest BCUT2D eigenvalue weighted by Gasteiger charge is -2.08. The minimum Gasteiger partial charge on any atom is -0.457 e. The van der Waals surface area contributed by atoms with Crippen molar-refractivity contribution in [3.05, 3.63) is 77.8 Å². The van der Waals surface area contributed by atoms with E-state index in [1.807, 2.05) is 22.2 Å². The molecule has 1 N–H and O–H groups in total. The maximum Gasteiger partial charge on any atom is 0.230 e. The van der Waals surface area contributed by atoms with Crippen LogP contribution in [0.4, 0.5) is 10.1 Å². The highest BCUT2D eigenvalue weighted by molar-refractivity contribution is 7.15. The van der Waals surface area contributed by atoms with Gasteiger partial charge in [-0.05, 0) is 36.4 Å². The Kier molecular flexibility index (Phi) is 4.37. The lowest BCUT2D eigenvalue weighted by Crippen LogP contribution is -2.14.